The van der Waals surface area contributed by atoms with E-state index < -0.39 is 43.8 Å². The van der Waals surface area contributed by atoms with Crippen molar-refractivity contribution >= 4 is 21.8 Å². The summed E-state index contributed by atoms with van der Waals surface area (Å²) in [5.41, 5.74) is -0.588. The lowest BCUT2D eigenvalue weighted by atomic mass is 9.98. The minimum Gasteiger partial charge on any atom is -0.477 e. The molecule has 1 unspecified atom stereocenters. The number of hydrogen-bond acceptors (Lipinski definition) is 6. The van der Waals surface area contributed by atoms with Gasteiger partial charge in [0.2, 0.25) is 0 Å². The van der Waals surface area contributed by atoms with E-state index in [1.807, 2.05) is 0 Å². The van der Waals surface area contributed by atoms with Crippen LogP contribution in [0.1, 0.15) is 46.5 Å². The second kappa shape index (κ2) is 9.44. The molecule has 2 amide bonds. The molecule has 0 spiro atoms. The average molecular weight is 489 g/mol. The Balaban J connectivity index is 1.64. The second-order valence-electron chi connectivity index (χ2n) is 9.46. The number of nitrogens with zero attached hydrogens (tertiary/aromatic N) is 2. The van der Waals surface area contributed by atoms with E-state index in [9.17, 15) is 26.8 Å². The number of amides is 2. The molecule has 184 valence electrons. The lowest BCUT2D eigenvalue weighted by Crippen LogP contribution is -2.55. The van der Waals surface area contributed by atoms with Gasteiger partial charge in [-0.25, -0.2) is 22.0 Å². The third kappa shape index (κ3) is 6.13. The van der Waals surface area contributed by atoms with E-state index >= 15 is 0 Å². The van der Waals surface area contributed by atoms with Crippen LogP contribution in [0.15, 0.2) is 17.0 Å². The molecule has 11 heteroatoms. The lowest BCUT2D eigenvalue weighted by Gasteiger charge is -2.42. The predicted molar refractivity (Wildman–Crippen MR) is 116 cm³/mol. The molecule has 2 aliphatic rings. The van der Waals surface area contributed by atoms with Gasteiger partial charge in [-0.1, -0.05) is 0 Å². The van der Waals surface area contributed by atoms with Crippen LogP contribution in [0.5, 0.6) is 5.75 Å². The maximum atomic E-state index is 14.4. The molecule has 0 N–H and O–H groups in total. The molecule has 0 radical (unpaired) electrons. The zero-order valence-corrected chi connectivity index (χ0v) is 20.1. The summed E-state index contributed by atoms with van der Waals surface area (Å²) in [4.78, 5) is 27.8. The number of carbonyl (C=O) groups excluding carboxylic acids is 2. The van der Waals surface area contributed by atoms with Crippen molar-refractivity contribution in [3.05, 3.63) is 23.8 Å². The summed E-state index contributed by atoms with van der Waals surface area (Å²) in [5, 5.41) is 0. The number of benzene rings is 1. The van der Waals surface area contributed by atoms with Gasteiger partial charge in [-0.15, -0.1) is 0 Å². The number of hydrogen-bond donors (Lipinski definition) is 0. The van der Waals surface area contributed by atoms with E-state index in [0.29, 0.717) is 57.5 Å². The van der Waals surface area contributed by atoms with E-state index in [0.717, 1.165) is 6.26 Å². The number of carbonyl (C=O) groups is 2. The van der Waals surface area contributed by atoms with Gasteiger partial charge in [0.15, 0.2) is 27.5 Å². The molecule has 2 aliphatic heterocycles. The van der Waals surface area contributed by atoms with Crippen LogP contribution < -0.4 is 4.74 Å². The number of ether oxygens (including phenoxy) is 2. The van der Waals surface area contributed by atoms with Gasteiger partial charge in [-0.3, -0.25) is 4.79 Å². The Labute approximate surface area is 192 Å². The van der Waals surface area contributed by atoms with Crippen molar-refractivity contribution in [1.82, 2.24) is 9.80 Å². The molecule has 33 heavy (non-hydrogen) atoms. The van der Waals surface area contributed by atoms with Gasteiger partial charge in [0.1, 0.15) is 16.3 Å². The first kappa shape index (κ1) is 25.2. The summed E-state index contributed by atoms with van der Waals surface area (Å²) in [6, 6.07) is 1.13. The van der Waals surface area contributed by atoms with Crippen LogP contribution in [0.4, 0.5) is 13.6 Å². The monoisotopic (exact) mass is 488 g/mol. The van der Waals surface area contributed by atoms with Crippen molar-refractivity contribution in [2.24, 2.45) is 0 Å². The van der Waals surface area contributed by atoms with Crippen molar-refractivity contribution < 1.29 is 36.3 Å². The van der Waals surface area contributed by atoms with Gasteiger partial charge >= 0.3 is 6.09 Å². The zero-order chi connectivity index (χ0) is 24.6. The maximum Gasteiger partial charge on any atom is 0.410 e. The van der Waals surface area contributed by atoms with Crippen molar-refractivity contribution in [1.29, 1.82) is 0 Å². The average Bonchev–Trinajstić information content (AvgIpc) is 2.70. The number of sulfone groups is 1. The SMILES string of the molecule is CC(C)(C)OC(=O)N1CCC(N2CCCC(Oc3cc(F)c(S(C)(=O)=O)cc3F)C2=O)CC1. The lowest BCUT2D eigenvalue weighted by molar-refractivity contribution is -0.145. The number of halogens is 2. The van der Waals surface area contributed by atoms with Crippen LogP contribution in [0, 0.1) is 11.6 Å². The van der Waals surface area contributed by atoms with Gasteiger partial charge in [-0.2, -0.15) is 0 Å². The van der Waals surface area contributed by atoms with Crippen LogP contribution >= 0.6 is 0 Å². The van der Waals surface area contributed by atoms with E-state index in [-0.39, 0.29) is 18.0 Å². The van der Waals surface area contributed by atoms with Crippen LogP contribution in [-0.2, 0) is 19.4 Å². The fourth-order valence-corrected chi connectivity index (χ4v) is 4.79. The molecule has 1 aromatic rings. The summed E-state index contributed by atoms with van der Waals surface area (Å²) in [6.45, 7) is 6.80. The fourth-order valence-electron chi connectivity index (χ4n) is 4.06. The third-order valence-electron chi connectivity index (χ3n) is 5.64. The molecular formula is C22H30F2N2O6S. The standard InChI is InChI=1S/C22H30F2N2O6S/c1-22(2,3)32-21(28)25-10-7-14(8-11-25)26-9-5-6-17(20(26)27)31-18-12-16(24)19(13-15(18)23)33(4,29)30/h12-14,17H,5-11H2,1-4H3. The zero-order valence-electron chi connectivity index (χ0n) is 19.3. The Bertz CT molecular complexity index is 1020. The summed E-state index contributed by atoms with van der Waals surface area (Å²) in [5.74, 6) is -3.01. The number of piperidine rings is 2. The first-order valence-electron chi connectivity index (χ1n) is 10.9. The smallest absolute Gasteiger partial charge is 0.410 e. The van der Waals surface area contributed by atoms with E-state index in [1.54, 1.807) is 30.6 Å². The molecule has 1 aromatic carbocycles. The normalized spacial score (nSPS) is 20.7. The van der Waals surface area contributed by atoms with Crippen molar-refractivity contribution in [2.75, 3.05) is 25.9 Å². The Kier molecular flexibility index (Phi) is 7.21. The fraction of sp³-hybridized carbons (Fsp3) is 0.636. The third-order valence-corrected chi connectivity index (χ3v) is 6.75. The molecule has 8 nitrogen and oxygen atoms in total. The van der Waals surface area contributed by atoms with Gasteiger partial charge in [0.05, 0.1) is 0 Å². The molecular weight excluding hydrogens is 458 g/mol. The molecule has 2 fully saturated rings. The van der Waals surface area contributed by atoms with Gasteiger partial charge in [0.25, 0.3) is 5.91 Å². The van der Waals surface area contributed by atoms with Crippen LogP contribution in [-0.4, -0.2) is 73.9 Å². The Hall–Kier alpha value is -2.43. The summed E-state index contributed by atoms with van der Waals surface area (Å²) < 4.78 is 62.6. The van der Waals surface area contributed by atoms with Crippen molar-refractivity contribution in [2.45, 2.75) is 69.1 Å². The van der Waals surface area contributed by atoms with Gasteiger partial charge in [0, 0.05) is 38.0 Å². The van der Waals surface area contributed by atoms with Crippen molar-refractivity contribution in [3.8, 4) is 5.75 Å². The molecule has 0 bridgehead atoms. The highest BCUT2D eigenvalue weighted by Gasteiger charge is 2.37. The highest BCUT2D eigenvalue weighted by molar-refractivity contribution is 7.90. The minimum absolute atomic E-state index is 0.100. The highest BCUT2D eigenvalue weighted by Crippen LogP contribution is 2.29. The van der Waals surface area contributed by atoms with Crippen LogP contribution in [0.3, 0.4) is 0 Å². The summed E-state index contributed by atoms with van der Waals surface area (Å²) in [6.07, 6.45) is 1.49. The first-order valence-corrected chi connectivity index (χ1v) is 12.8. The van der Waals surface area contributed by atoms with E-state index in [2.05, 4.69) is 0 Å². The number of rotatable bonds is 4. The molecule has 0 aliphatic carbocycles. The second-order valence-corrected chi connectivity index (χ2v) is 11.4. The predicted octanol–water partition coefficient (Wildman–Crippen LogP) is 3.14. The van der Waals surface area contributed by atoms with Gasteiger partial charge < -0.3 is 19.3 Å². The highest BCUT2D eigenvalue weighted by atomic mass is 32.2. The Morgan fingerprint density at radius 1 is 1.06 bits per heavy atom. The van der Waals surface area contributed by atoms with E-state index in [4.69, 9.17) is 9.47 Å². The summed E-state index contributed by atoms with van der Waals surface area (Å²) in [7, 11) is -3.94. The summed E-state index contributed by atoms with van der Waals surface area (Å²) >= 11 is 0. The Morgan fingerprint density at radius 3 is 2.27 bits per heavy atom. The van der Waals surface area contributed by atoms with E-state index in [1.165, 1.54) is 0 Å². The molecule has 2 heterocycles. The largest absolute Gasteiger partial charge is 0.477 e. The quantitative estimate of drug-likeness (QED) is 0.647. The molecule has 3 rings (SSSR count). The molecule has 0 saturated carbocycles. The minimum atomic E-state index is -3.94. The first-order chi connectivity index (χ1) is 15.3. The van der Waals surface area contributed by atoms with Crippen LogP contribution in [0.25, 0.3) is 0 Å². The maximum absolute atomic E-state index is 14.4. The Morgan fingerprint density at radius 2 is 1.70 bits per heavy atom. The molecule has 0 aromatic heterocycles. The van der Waals surface area contributed by atoms with Crippen molar-refractivity contribution in [3.63, 3.8) is 0 Å². The number of likely N-dealkylation sites (tertiary alicyclic amines) is 2. The topological polar surface area (TPSA) is 93.2 Å². The van der Waals surface area contributed by atoms with Gasteiger partial charge in [-0.05, 0) is 52.5 Å². The molecule has 2 saturated heterocycles. The molecule has 1 atom stereocenters. The van der Waals surface area contributed by atoms with Crippen LogP contribution in [0.2, 0.25) is 0 Å².